The highest BCUT2D eigenvalue weighted by molar-refractivity contribution is 6.21. The number of halogens is 2. The molecule has 1 N–H and O–H groups in total. The van der Waals surface area contributed by atoms with Gasteiger partial charge in [0.05, 0.1) is 12.0 Å². The first-order chi connectivity index (χ1) is 7.54. The molecule has 1 rings (SSSR count). The molecule has 0 amide bonds. The maximum absolute atomic E-state index is 13.1. The molecule has 0 aliphatic heterocycles. The topological polar surface area (TPSA) is 23.5 Å². The predicted octanol–water partition coefficient (Wildman–Crippen LogP) is 2.34. The van der Waals surface area contributed by atoms with Crippen LogP contribution in [0.5, 0.6) is 0 Å². The molecule has 0 saturated carbocycles. The van der Waals surface area contributed by atoms with Crippen LogP contribution in [0, 0.1) is 12.7 Å². The van der Waals surface area contributed by atoms with Crippen LogP contribution in [-0.4, -0.2) is 36.8 Å². The smallest absolute Gasteiger partial charge is 0.126 e. The number of hydrogen-bond donors (Lipinski definition) is 1. The second kappa shape index (κ2) is 6.18. The summed E-state index contributed by atoms with van der Waals surface area (Å²) >= 11 is 6.22. The zero-order valence-corrected chi connectivity index (χ0v) is 10.3. The molecule has 0 aliphatic rings. The van der Waals surface area contributed by atoms with Crippen molar-refractivity contribution in [1.29, 1.82) is 0 Å². The maximum Gasteiger partial charge on any atom is 0.126 e. The van der Waals surface area contributed by atoms with Crippen molar-refractivity contribution in [2.75, 3.05) is 26.7 Å². The minimum atomic E-state index is -0.212. The minimum absolute atomic E-state index is 0.114. The molecule has 16 heavy (non-hydrogen) atoms. The molecule has 0 bridgehead atoms. The van der Waals surface area contributed by atoms with Crippen LogP contribution < -0.4 is 0 Å². The molecule has 1 unspecified atom stereocenters. The largest absolute Gasteiger partial charge is 0.395 e. The van der Waals surface area contributed by atoms with Gasteiger partial charge < -0.3 is 10.0 Å². The lowest BCUT2D eigenvalue weighted by molar-refractivity contribution is 0.221. The van der Waals surface area contributed by atoms with Crippen molar-refractivity contribution in [2.45, 2.75) is 12.3 Å². The summed E-state index contributed by atoms with van der Waals surface area (Å²) in [4.78, 5) is 1.94. The fraction of sp³-hybridized carbons (Fsp3) is 0.500. The summed E-state index contributed by atoms with van der Waals surface area (Å²) in [6, 6.07) is 4.90. The average molecular weight is 246 g/mol. The van der Waals surface area contributed by atoms with E-state index in [-0.39, 0.29) is 17.8 Å². The molecule has 4 heteroatoms. The Morgan fingerprint density at radius 2 is 2.19 bits per heavy atom. The summed E-state index contributed by atoms with van der Waals surface area (Å²) in [5.41, 5.74) is 1.51. The van der Waals surface area contributed by atoms with Crippen LogP contribution in [0.4, 0.5) is 4.39 Å². The summed E-state index contributed by atoms with van der Waals surface area (Å²) in [5.74, 6) is -0.212. The fourth-order valence-electron chi connectivity index (χ4n) is 1.50. The van der Waals surface area contributed by atoms with Gasteiger partial charge in [0.1, 0.15) is 5.82 Å². The van der Waals surface area contributed by atoms with E-state index in [0.717, 1.165) is 5.56 Å². The molecule has 0 heterocycles. The SMILES string of the molecule is Cc1cc(C(Cl)CN(C)CCO)ccc1F. The second-order valence-corrected chi connectivity index (χ2v) is 4.49. The Balaban J connectivity index is 2.65. The number of alkyl halides is 1. The van der Waals surface area contributed by atoms with E-state index in [0.29, 0.717) is 18.7 Å². The first kappa shape index (κ1) is 13.4. The van der Waals surface area contributed by atoms with E-state index in [1.807, 2.05) is 11.9 Å². The van der Waals surface area contributed by atoms with E-state index in [9.17, 15) is 4.39 Å². The van der Waals surface area contributed by atoms with Gasteiger partial charge in [-0.2, -0.15) is 0 Å². The van der Waals surface area contributed by atoms with E-state index in [2.05, 4.69) is 0 Å². The second-order valence-electron chi connectivity index (χ2n) is 3.96. The molecule has 90 valence electrons. The third kappa shape index (κ3) is 3.74. The third-order valence-corrected chi connectivity index (χ3v) is 2.89. The van der Waals surface area contributed by atoms with E-state index >= 15 is 0 Å². The van der Waals surface area contributed by atoms with Crippen LogP contribution in [-0.2, 0) is 0 Å². The molecule has 1 atom stereocenters. The van der Waals surface area contributed by atoms with Gasteiger partial charge in [-0.25, -0.2) is 4.39 Å². The lowest BCUT2D eigenvalue weighted by atomic mass is 10.1. The quantitative estimate of drug-likeness (QED) is 0.805. The summed E-state index contributed by atoms with van der Waals surface area (Å²) in [5, 5.41) is 8.58. The number of aryl methyl sites for hydroxylation is 1. The normalized spacial score (nSPS) is 13.1. The van der Waals surface area contributed by atoms with Crippen molar-refractivity contribution in [3.63, 3.8) is 0 Å². The van der Waals surface area contributed by atoms with Gasteiger partial charge in [0.15, 0.2) is 0 Å². The molecule has 1 aromatic carbocycles. The van der Waals surface area contributed by atoms with Crippen LogP contribution in [0.15, 0.2) is 18.2 Å². The van der Waals surface area contributed by atoms with Crippen LogP contribution in [0.1, 0.15) is 16.5 Å². The number of aliphatic hydroxyl groups is 1. The highest BCUT2D eigenvalue weighted by atomic mass is 35.5. The number of benzene rings is 1. The number of rotatable bonds is 5. The molecular weight excluding hydrogens is 229 g/mol. The van der Waals surface area contributed by atoms with Crippen molar-refractivity contribution in [3.05, 3.63) is 35.1 Å². The Morgan fingerprint density at radius 3 is 2.75 bits per heavy atom. The summed E-state index contributed by atoms with van der Waals surface area (Å²) < 4.78 is 13.1. The minimum Gasteiger partial charge on any atom is -0.395 e. The van der Waals surface area contributed by atoms with Gasteiger partial charge in [0.25, 0.3) is 0 Å². The Kier molecular flexibility index (Phi) is 5.19. The van der Waals surface area contributed by atoms with Crippen LogP contribution >= 0.6 is 11.6 Å². The first-order valence-electron chi connectivity index (χ1n) is 5.24. The maximum atomic E-state index is 13.1. The van der Waals surface area contributed by atoms with Crippen molar-refractivity contribution < 1.29 is 9.50 Å². The van der Waals surface area contributed by atoms with E-state index in [1.54, 1.807) is 19.1 Å². The zero-order valence-electron chi connectivity index (χ0n) is 9.58. The van der Waals surface area contributed by atoms with Gasteiger partial charge >= 0.3 is 0 Å². The highest BCUT2D eigenvalue weighted by Crippen LogP contribution is 2.23. The lowest BCUT2D eigenvalue weighted by Crippen LogP contribution is -2.25. The number of aliphatic hydroxyl groups excluding tert-OH is 1. The van der Waals surface area contributed by atoms with Crippen molar-refractivity contribution in [1.82, 2.24) is 4.90 Å². The summed E-state index contributed by atoms with van der Waals surface area (Å²) in [6.45, 7) is 3.05. The van der Waals surface area contributed by atoms with Crippen molar-refractivity contribution in [2.24, 2.45) is 0 Å². The van der Waals surface area contributed by atoms with Gasteiger partial charge in [-0.1, -0.05) is 12.1 Å². The molecule has 0 aliphatic carbocycles. The Morgan fingerprint density at radius 1 is 1.50 bits per heavy atom. The average Bonchev–Trinajstić information content (AvgIpc) is 2.22. The van der Waals surface area contributed by atoms with Gasteiger partial charge in [-0.05, 0) is 31.2 Å². The van der Waals surface area contributed by atoms with Crippen LogP contribution in [0.25, 0.3) is 0 Å². The highest BCUT2D eigenvalue weighted by Gasteiger charge is 2.11. The zero-order chi connectivity index (χ0) is 12.1. The molecular formula is C12H17ClFNO. The lowest BCUT2D eigenvalue weighted by Gasteiger charge is -2.19. The van der Waals surface area contributed by atoms with Gasteiger partial charge in [-0.15, -0.1) is 11.6 Å². The molecule has 2 nitrogen and oxygen atoms in total. The Bertz CT molecular complexity index is 346. The van der Waals surface area contributed by atoms with Crippen molar-refractivity contribution in [3.8, 4) is 0 Å². The first-order valence-corrected chi connectivity index (χ1v) is 5.67. The third-order valence-electron chi connectivity index (χ3n) is 2.50. The molecule has 0 saturated heterocycles. The Hall–Kier alpha value is -0.640. The van der Waals surface area contributed by atoms with Crippen molar-refractivity contribution >= 4 is 11.6 Å². The standard InChI is InChI=1S/C12H17ClFNO/c1-9-7-10(3-4-12(9)14)11(13)8-15(2)5-6-16/h3-4,7,11,16H,5-6,8H2,1-2H3. The van der Waals surface area contributed by atoms with Gasteiger partial charge in [0.2, 0.25) is 0 Å². The predicted molar refractivity (Wildman–Crippen MR) is 64.3 cm³/mol. The van der Waals surface area contributed by atoms with E-state index in [4.69, 9.17) is 16.7 Å². The molecule has 0 radical (unpaired) electrons. The van der Waals surface area contributed by atoms with Crippen LogP contribution in [0.2, 0.25) is 0 Å². The molecule has 0 aromatic heterocycles. The van der Waals surface area contributed by atoms with Gasteiger partial charge in [0, 0.05) is 13.1 Å². The molecule has 0 fully saturated rings. The molecule has 1 aromatic rings. The summed E-state index contributed by atoms with van der Waals surface area (Å²) in [6.07, 6.45) is 0. The fourth-order valence-corrected chi connectivity index (χ4v) is 1.88. The van der Waals surface area contributed by atoms with Gasteiger partial charge in [-0.3, -0.25) is 0 Å². The van der Waals surface area contributed by atoms with E-state index < -0.39 is 0 Å². The number of nitrogens with zero attached hydrogens (tertiary/aromatic N) is 1. The summed E-state index contributed by atoms with van der Waals surface area (Å²) in [7, 11) is 1.89. The van der Waals surface area contributed by atoms with Crippen LogP contribution in [0.3, 0.4) is 0 Å². The van der Waals surface area contributed by atoms with E-state index in [1.165, 1.54) is 6.07 Å². The Labute approximate surface area is 101 Å². The monoisotopic (exact) mass is 245 g/mol. The molecule has 0 spiro atoms. The number of hydrogen-bond acceptors (Lipinski definition) is 2. The number of likely N-dealkylation sites (N-methyl/N-ethyl adjacent to an activating group) is 1.